The quantitative estimate of drug-likeness (QED) is 0.853. The molecule has 0 aliphatic carbocycles. The SMILES string of the molecule is O=C(O)Cc1ccccc1NS(=O)(=O)C1CCOCC1. The number of hydrogen-bond donors (Lipinski definition) is 2. The van der Waals surface area contributed by atoms with Gasteiger partial charge in [-0.2, -0.15) is 0 Å². The molecule has 2 rings (SSSR count). The van der Waals surface area contributed by atoms with Crippen molar-refractivity contribution < 1.29 is 23.1 Å². The Kier molecular flexibility index (Phi) is 4.61. The van der Waals surface area contributed by atoms with E-state index in [-0.39, 0.29) is 6.42 Å². The molecule has 1 aromatic rings. The summed E-state index contributed by atoms with van der Waals surface area (Å²) in [6.07, 6.45) is 0.694. The van der Waals surface area contributed by atoms with Gasteiger partial charge in [0.05, 0.1) is 17.4 Å². The summed E-state index contributed by atoms with van der Waals surface area (Å²) in [5.41, 5.74) is 0.789. The summed E-state index contributed by atoms with van der Waals surface area (Å²) in [6, 6.07) is 6.54. The summed E-state index contributed by atoms with van der Waals surface area (Å²) in [5.74, 6) is -0.997. The molecule has 0 saturated carbocycles. The first-order valence-electron chi connectivity index (χ1n) is 6.38. The van der Waals surface area contributed by atoms with E-state index in [9.17, 15) is 13.2 Å². The number of sulfonamides is 1. The number of hydrogen-bond acceptors (Lipinski definition) is 4. The molecule has 1 aromatic carbocycles. The van der Waals surface area contributed by atoms with Crippen LogP contribution in [0.4, 0.5) is 5.69 Å². The molecule has 1 fully saturated rings. The second kappa shape index (κ2) is 6.23. The molecule has 1 heterocycles. The topological polar surface area (TPSA) is 92.7 Å². The average Bonchev–Trinajstić information content (AvgIpc) is 2.41. The van der Waals surface area contributed by atoms with Crippen molar-refractivity contribution in [2.24, 2.45) is 0 Å². The smallest absolute Gasteiger partial charge is 0.307 e. The van der Waals surface area contributed by atoms with Gasteiger partial charge in [0.25, 0.3) is 0 Å². The van der Waals surface area contributed by atoms with Crippen LogP contribution in [-0.2, 0) is 26.0 Å². The number of nitrogens with one attached hydrogen (secondary N) is 1. The monoisotopic (exact) mass is 299 g/mol. The Morgan fingerprint density at radius 1 is 1.30 bits per heavy atom. The van der Waals surface area contributed by atoms with Crippen molar-refractivity contribution in [2.75, 3.05) is 17.9 Å². The molecule has 0 radical (unpaired) electrons. The minimum absolute atomic E-state index is 0.216. The van der Waals surface area contributed by atoms with Gasteiger partial charge in [0.2, 0.25) is 10.0 Å². The van der Waals surface area contributed by atoms with Gasteiger partial charge in [-0.15, -0.1) is 0 Å². The van der Waals surface area contributed by atoms with E-state index >= 15 is 0 Å². The van der Waals surface area contributed by atoms with Crippen molar-refractivity contribution in [1.29, 1.82) is 0 Å². The Bertz CT molecular complexity index is 578. The highest BCUT2D eigenvalue weighted by molar-refractivity contribution is 7.93. The largest absolute Gasteiger partial charge is 0.481 e. The van der Waals surface area contributed by atoms with Gasteiger partial charge in [-0.05, 0) is 24.5 Å². The molecule has 1 aliphatic heterocycles. The first-order valence-corrected chi connectivity index (χ1v) is 7.93. The highest BCUT2D eigenvalue weighted by Crippen LogP contribution is 2.22. The second-order valence-corrected chi connectivity index (χ2v) is 6.65. The third kappa shape index (κ3) is 3.71. The van der Waals surface area contributed by atoms with Crippen LogP contribution in [0.5, 0.6) is 0 Å². The summed E-state index contributed by atoms with van der Waals surface area (Å²) in [7, 11) is -3.52. The second-order valence-electron chi connectivity index (χ2n) is 4.69. The molecule has 20 heavy (non-hydrogen) atoms. The van der Waals surface area contributed by atoms with Gasteiger partial charge in [0.15, 0.2) is 0 Å². The van der Waals surface area contributed by atoms with Gasteiger partial charge in [0.1, 0.15) is 0 Å². The number of anilines is 1. The van der Waals surface area contributed by atoms with Crippen LogP contribution in [-0.4, -0.2) is 38.0 Å². The van der Waals surface area contributed by atoms with E-state index in [2.05, 4.69) is 4.72 Å². The van der Waals surface area contributed by atoms with E-state index in [0.717, 1.165) is 0 Å². The highest BCUT2D eigenvalue weighted by atomic mass is 32.2. The maximum absolute atomic E-state index is 12.3. The van der Waals surface area contributed by atoms with E-state index in [4.69, 9.17) is 9.84 Å². The number of aliphatic carboxylic acids is 1. The van der Waals surface area contributed by atoms with Crippen molar-refractivity contribution in [1.82, 2.24) is 0 Å². The van der Waals surface area contributed by atoms with E-state index in [0.29, 0.717) is 37.3 Å². The standard InChI is InChI=1S/C13H17NO5S/c15-13(16)9-10-3-1-2-4-12(10)14-20(17,18)11-5-7-19-8-6-11/h1-4,11,14H,5-9H2,(H,15,16). The summed E-state index contributed by atoms with van der Waals surface area (Å²) in [4.78, 5) is 10.8. The van der Waals surface area contributed by atoms with Crippen molar-refractivity contribution in [3.8, 4) is 0 Å². The maximum atomic E-state index is 12.3. The predicted octanol–water partition coefficient (Wildman–Crippen LogP) is 1.23. The minimum Gasteiger partial charge on any atom is -0.481 e. The third-order valence-electron chi connectivity index (χ3n) is 3.22. The molecule has 6 nitrogen and oxygen atoms in total. The molecule has 0 aromatic heterocycles. The Labute approximate surface area is 117 Å². The zero-order valence-electron chi connectivity index (χ0n) is 10.9. The molecule has 0 unspecified atom stereocenters. The van der Waals surface area contributed by atoms with E-state index in [1.54, 1.807) is 24.3 Å². The molecular weight excluding hydrogens is 282 g/mol. The lowest BCUT2D eigenvalue weighted by Gasteiger charge is -2.23. The van der Waals surface area contributed by atoms with Gasteiger partial charge in [-0.25, -0.2) is 8.42 Å². The fourth-order valence-electron chi connectivity index (χ4n) is 2.16. The summed E-state index contributed by atoms with van der Waals surface area (Å²) in [5, 5.41) is 8.35. The average molecular weight is 299 g/mol. The Morgan fingerprint density at radius 3 is 2.60 bits per heavy atom. The molecule has 110 valence electrons. The van der Waals surface area contributed by atoms with Crippen molar-refractivity contribution in [3.05, 3.63) is 29.8 Å². The van der Waals surface area contributed by atoms with Crippen LogP contribution in [0.25, 0.3) is 0 Å². The van der Waals surface area contributed by atoms with Gasteiger partial charge >= 0.3 is 5.97 Å². The zero-order valence-corrected chi connectivity index (χ0v) is 11.7. The van der Waals surface area contributed by atoms with Crippen molar-refractivity contribution in [3.63, 3.8) is 0 Å². The Morgan fingerprint density at radius 2 is 1.95 bits per heavy atom. The number of ether oxygens (including phenoxy) is 1. The van der Waals surface area contributed by atoms with Gasteiger partial charge in [-0.3, -0.25) is 9.52 Å². The first kappa shape index (κ1) is 14.8. The Hall–Kier alpha value is -1.60. The van der Waals surface area contributed by atoms with Gasteiger partial charge < -0.3 is 9.84 Å². The van der Waals surface area contributed by atoms with Crippen LogP contribution < -0.4 is 4.72 Å². The van der Waals surface area contributed by atoms with Crippen LogP contribution in [0.2, 0.25) is 0 Å². The fourth-order valence-corrected chi connectivity index (χ4v) is 3.65. The fraction of sp³-hybridized carbons (Fsp3) is 0.462. The molecule has 1 aliphatic rings. The molecule has 1 saturated heterocycles. The summed E-state index contributed by atoms with van der Waals surface area (Å²) < 4.78 is 32.2. The molecule has 0 bridgehead atoms. The lowest BCUT2D eigenvalue weighted by Crippen LogP contribution is -2.33. The van der Waals surface area contributed by atoms with Crippen LogP contribution >= 0.6 is 0 Å². The van der Waals surface area contributed by atoms with Crippen molar-refractivity contribution in [2.45, 2.75) is 24.5 Å². The minimum atomic E-state index is -3.52. The Balaban J connectivity index is 2.18. The zero-order chi connectivity index (χ0) is 14.6. The third-order valence-corrected chi connectivity index (χ3v) is 5.07. The molecule has 0 amide bonds. The van der Waals surface area contributed by atoms with Crippen LogP contribution in [0.15, 0.2) is 24.3 Å². The first-order chi connectivity index (χ1) is 9.49. The van der Waals surface area contributed by atoms with Crippen LogP contribution in [0, 0.1) is 0 Å². The molecule has 0 spiro atoms. The summed E-state index contributed by atoms with van der Waals surface area (Å²) in [6.45, 7) is 0.866. The lowest BCUT2D eigenvalue weighted by atomic mass is 10.1. The normalized spacial score (nSPS) is 16.8. The van der Waals surface area contributed by atoms with Gasteiger partial charge in [-0.1, -0.05) is 18.2 Å². The van der Waals surface area contributed by atoms with Crippen LogP contribution in [0.3, 0.4) is 0 Å². The number of carbonyl (C=O) groups is 1. The van der Waals surface area contributed by atoms with E-state index in [1.165, 1.54) is 0 Å². The maximum Gasteiger partial charge on any atom is 0.307 e. The highest BCUT2D eigenvalue weighted by Gasteiger charge is 2.28. The van der Waals surface area contributed by atoms with Crippen molar-refractivity contribution >= 4 is 21.7 Å². The number of carboxylic acid groups (broad SMARTS) is 1. The molecule has 0 atom stereocenters. The predicted molar refractivity (Wildman–Crippen MR) is 74.2 cm³/mol. The molecular formula is C13H17NO5S. The van der Waals surface area contributed by atoms with E-state index < -0.39 is 21.2 Å². The van der Waals surface area contributed by atoms with E-state index in [1.807, 2.05) is 0 Å². The summed E-state index contributed by atoms with van der Waals surface area (Å²) >= 11 is 0. The molecule has 2 N–H and O–H groups in total. The number of rotatable bonds is 5. The number of para-hydroxylation sites is 1. The lowest BCUT2D eigenvalue weighted by molar-refractivity contribution is -0.136. The van der Waals surface area contributed by atoms with Gasteiger partial charge in [0, 0.05) is 13.2 Å². The molecule has 7 heteroatoms. The number of benzene rings is 1. The number of carboxylic acids is 1. The van der Waals surface area contributed by atoms with Crippen LogP contribution in [0.1, 0.15) is 18.4 Å².